The number of rotatable bonds is 4. The predicted octanol–water partition coefficient (Wildman–Crippen LogP) is -0.763. The number of carbonyl (C=O) groups excluding carboxylic acids is 1. The Kier molecular flexibility index (Phi) is 2.77. The summed E-state index contributed by atoms with van der Waals surface area (Å²) in [6.45, 7) is 1.52. The summed E-state index contributed by atoms with van der Waals surface area (Å²) in [7, 11) is 0. The standard InChI is InChI=1S/C6H6N4O7/c1-3(11)4-5(7-17-8(4)12)6(2,9(13)14)10(15)16/h1-2H3. The molecule has 0 spiro atoms. The van der Waals surface area contributed by atoms with Crippen molar-refractivity contribution in [1.82, 2.24) is 5.16 Å². The van der Waals surface area contributed by atoms with Crippen molar-refractivity contribution in [2.45, 2.75) is 19.5 Å². The second-order valence-corrected chi connectivity index (χ2v) is 3.22. The molecular weight excluding hydrogens is 240 g/mol. The van der Waals surface area contributed by atoms with Gasteiger partial charge in [-0.1, -0.05) is 0 Å². The van der Waals surface area contributed by atoms with Crippen LogP contribution in [0.2, 0.25) is 0 Å². The van der Waals surface area contributed by atoms with Crippen LogP contribution in [0.4, 0.5) is 0 Å². The molecule has 1 aromatic rings. The maximum absolute atomic E-state index is 11.1. The fourth-order valence-electron chi connectivity index (χ4n) is 1.09. The summed E-state index contributed by atoms with van der Waals surface area (Å²) in [6.07, 6.45) is 0. The summed E-state index contributed by atoms with van der Waals surface area (Å²) in [5.74, 6) is -0.925. The van der Waals surface area contributed by atoms with E-state index in [-0.39, 0.29) is 0 Å². The van der Waals surface area contributed by atoms with Gasteiger partial charge >= 0.3 is 11.4 Å². The second-order valence-electron chi connectivity index (χ2n) is 3.22. The number of carbonyl (C=O) groups is 1. The van der Waals surface area contributed by atoms with Gasteiger partial charge in [0.15, 0.2) is 0 Å². The van der Waals surface area contributed by atoms with Crippen LogP contribution in [0, 0.1) is 25.4 Å². The normalized spacial score (nSPS) is 11.2. The third kappa shape index (κ3) is 1.66. The molecule has 0 bridgehead atoms. The lowest BCUT2D eigenvalue weighted by Gasteiger charge is -2.06. The van der Waals surface area contributed by atoms with E-state index in [1.165, 1.54) is 0 Å². The Balaban J connectivity index is 3.56. The summed E-state index contributed by atoms with van der Waals surface area (Å²) in [5, 5.41) is 35.3. The van der Waals surface area contributed by atoms with Gasteiger partial charge in [0, 0.05) is 6.92 Å². The highest BCUT2D eigenvalue weighted by Gasteiger charge is 2.62. The van der Waals surface area contributed by atoms with Gasteiger partial charge in [-0.3, -0.25) is 29.7 Å². The van der Waals surface area contributed by atoms with Crippen molar-refractivity contribution in [2.75, 3.05) is 0 Å². The van der Waals surface area contributed by atoms with Crippen LogP contribution in [-0.2, 0) is 5.66 Å². The summed E-state index contributed by atoms with van der Waals surface area (Å²) >= 11 is 0. The first kappa shape index (κ1) is 12.5. The predicted molar refractivity (Wildman–Crippen MR) is 46.8 cm³/mol. The maximum atomic E-state index is 11.1. The molecule has 11 heteroatoms. The minimum atomic E-state index is -2.92. The van der Waals surface area contributed by atoms with Crippen molar-refractivity contribution in [2.24, 2.45) is 0 Å². The lowest BCUT2D eigenvalue weighted by Crippen LogP contribution is -2.43. The van der Waals surface area contributed by atoms with E-state index in [0.717, 1.165) is 6.92 Å². The molecule has 0 fully saturated rings. The molecule has 0 radical (unpaired) electrons. The van der Waals surface area contributed by atoms with E-state index in [0.29, 0.717) is 6.92 Å². The molecule has 1 heterocycles. The summed E-state index contributed by atoms with van der Waals surface area (Å²) in [5.41, 5.74) is -4.71. The third-order valence-corrected chi connectivity index (χ3v) is 2.11. The van der Waals surface area contributed by atoms with Crippen LogP contribution >= 0.6 is 0 Å². The van der Waals surface area contributed by atoms with Crippen LogP contribution in [0.25, 0.3) is 0 Å². The Morgan fingerprint density at radius 1 is 1.41 bits per heavy atom. The zero-order chi connectivity index (χ0) is 13.4. The Morgan fingerprint density at radius 2 is 1.88 bits per heavy atom. The van der Waals surface area contributed by atoms with E-state index in [4.69, 9.17) is 0 Å². The highest BCUT2D eigenvalue weighted by Crippen LogP contribution is 2.25. The molecule has 1 aromatic heterocycles. The maximum Gasteiger partial charge on any atom is 0.526 e. The van der Waals surface area contributed by atoms with Gasteiger partial charge in [-0.05, 0) is 4.90 Å². The zero-order valence-electron chi connectivity index (χ0n) is 8.65. The minimum absolute atomic E-state index is 0.400. The van der Waals surface area contributed by atoms with Gasteiger partial charge in [-0.25, -0.2) is 0 Å². The summed E-state index contributed by atoms with van der Waals surface area (Å²) < 4.78 is 3.98. The largest absolute Gasteiger partial charge is 0.526 e. The molecule has 0 aliphatic carbocycles. The van der Waals surface area contributed by atoms with Gasteiger partial charge in [-0.2, -0.15) is 0 Å². The molecule has 11 nitrogen and oxygen atoms in total. The molecule has 17 heavy (non-hydrogen) atoms. The monoisotopic (exact) mass is 246 g/mol. The van der Waals surface area contributed by atoms with Crippen molar-refractivity contribution in [3.63, 3.8) is 0 Å². The number of nitrogens with zero attached hydrogens (tertiary/aromatic N) is 4. The first-order valence-corrected chi connectivity index (χ1v) is 4.13. The van der Waals surface area contributed by atoms with E-state index in [9.17, 15) is 30.2 Å². The van der Waals surface area contributed by atoms with Crippen molar-refractivity contribution in [3.05, 3.63) is 36.8 Å². The van der Waals surface area contributed by atoms with Gasteiger partial charge in [0.2, 0.25) is 5.78 Å². The first-order chi connectivity index (χ1) is 7.72. The lowest BCUT2D eigenvalue weighted by atomic mass is 10.1. The zero-order valence-corrected chi connectivity index (χ0v) is 8.65. The van der Waals surface area contributed by atoms with Crippen LogP contribution in [0.5, 0.6) is 0 Å². The average Bonchev–Trinajstić information content (AvgIpc) is 2.58. The highest BCUT2D eigenvalue weighted by atomic mass is 16.8. The number of Topliss-reactive ketones (excluding diaryl/α,β-unsaturated/α-hetero) is 1. The molecule has 0 aliphatic rings. The molecular formula is C6H6N4O7. The van der Waals surface area contributed by atoms with Crippen LogP contribution in [0.3, 0.4) is 0 Å². The van der Waals surface area contributed by atoms with Gasteiger partial charge < -0.3 is 5.21 Å². The van der Waals surface area contributed by atoms with Gasteiger partial charge in [0.05, 0.1) is 12.1 Å². The smallest absolute Gasteiger partial charge is 0.359 e. The number of hydrogen-bond acceptors (Lipinski definition) is 8. The van der Waals surface area contributed by atoms with E-state index >= 15 is 0 Å². The van der Waals surface area contributed by atoms with Gasteiger partial charge in [0.25, 0.3) is 5.69 Å². The second kappa shape index (κ2) is 3.77. The van der Waals surface area contributed by atoms with E-state index in [1.54, 1.807) is 0 Å². The number of nitro groups is 2. The SMILES string of the molecule is CC(=O)c1c(C(C)([N+](=O)[O-])[N+](=O)[O-])no[n+]1[O-]. The van der Waals surface area contributed by atoms with Crippen molar-refractivity contribution in [1.29, 1.82) is 0 Å². The minimum Gasteiger partial charge on any atom is -0.359 e. The molecule has 0 aliphatic heterocycles. The molecule has 0 amide bonds. The summed E-state index contributed by atoms with van der Waals surface area (Å²) in [4.78, 5) is 29.6. The first-order valence-electron chi connectivity index (χ1n) is 4.13. The van der Waals surface area contributed by atoms with Crippen molar-refractivity contribution in [3.8, 4) is 0 Å². The number of ketones is 1. The molecule has 0 unspecified atom stereocenters. The van der Waals surface area contributed by atoms with Crippen molar-refractivity contribution < 1.29 is 24.2 Å². The Bertz CT molecular complexity index is 492. The quantitative estimate of drug-likeness (QED) is 0.220. The fraction of sp³-hybridized carbons (Fsp3) is 0.500. The Labute approximate surface area is 92.5 Å². The lowest BCUT2D eigenvalue weighted by molar-refractivity contribution is -0.810. The van der Waals surface area contributed by atoms with E-state index < -0.39 is 37.6 Å². The Morgan fingerprint density at radius 3 is 2.24 bits per heavy atom. The van der Waals surface area contributed by atoms with Crippen LogP contribution in [-0.4, -0.2) is 20.8 Å². The molecule has 0 atom stereocenters. The molecule has 0 N–H and O–H groups in total. The number of hydrogen-bond donors (Lipinski definition) is 0. The van der Waals surface area contributed by atoms with Gasteiger partial charge in [-0.15, -0.1) is 0 Å². The molecule has 92 valence electrons. The van der Waals surface area contributed by atoms with Crippen LogP contribution in [0.1, 0.15) is 30.0 Å². The van der Waals surface area contributed by atoms with Crippen LogP contribution in [0.15, 0.2) is 4.63 Å². The molecule has 1 rings (SSSR count). The fourth-order valence-corrected chi connectivity index (χ4v) is 1.09. The van der Waals surface area contributed by atoms with E-state index in [2.05, 4.69) is 9.79 Å². The molecule has 0 aromatic carbocycles. The Hall–Kier alpha value is -2.59. The topological polar surface area (TPSA) is 156 Å². The van der Waals surface area contributed by atoms with Crippen LogP contribution < -0.4 is 4.90 Å². The molecule has 0 saturated carbocycles. The summed E-state index contributed by atoms with van der Waals surface area (Å²) in [6, 6.07) is 0. The third-order valence-electron chi connectivity index (χ3n) is 2.11. The van der Waals surface area contributed by atoms with E-state index in [1.807, 2.05) is 0 Å². The highest BCUT2D eigenvalue weighted by molar-refractivity contribution is 5.91. The van der Waals surface area contributed by atoms with Crippen molar-refractivity contribution >= 4 is 5.78 Å². The number of aromatic nitrogens is 2. The average molecular weight is 246 g/mol. The van der Waals surface area contributed by atoms with Gasteiger partial charge in [0.1, 0.15) is 9.85 Å². The molecule has 0 saturated heterocycles.